The van der Waals surface area contributed by atoms with E-state index in [0.29, 0.717) is 5.04 Å². The Hall–Kier alpha value is -2.14. The molecule has 0 bridgehead atoms. The molecule has 2 rings (SSSR count). The maximum atomic E-state index is 11.6. The molecule has 5 atom stereocenters. The zero-order valence-electron chi connectivity index (χ0n) is 15.3. The van der Waals surface area contributed by atoms with E-state index in [2.05, 4.69) is 4.99 Å². The molecule has 0 aromatic carbocycles. The lowest BCUT2D eigenvalue weighted by Crippen LogP contribution is -2.59. The standard InChI is InChI=1S/C16H21NO9S/c1-7(18)22-5-11-14(24-9(3)20)15(25-10(4)21)13-16(26-11)27-12(17-13)6-23-8(2)19/h11,13-16H,5-6H2,1-4H3/t11-,13-,14-,15-,16-/m1/s1. The van der Waals surface area contributed by atoms with E-state index in [1.807, 2.05) is 0 Å². The van der Waals surface area contributed by atoms with Gasteiger partial charge in [-0.15, -0.1) is 0 Å². The Labute approximate surface area is 159 Å². The topological polar surface area (TPSA) is 127 Å². The Morgan fingerprint density at radius 2 is 1.52 bits per heavy atom. The van der Waals surface area contributed by atoms with Crippen LogP contribution in [0.25, 0.3) is 0 Å². The van der Waals surface area contributed by atoms with Gasteiger partial charge in [-0.25, -0.2) is 0 Å². The largest absolute Gasteiger partial charge is 0.463 e. The number of aliphatic imine (C=N–C) groups is 1. The molecule has 2 heterocycles. The van der Waals surface area contributed by atoms with E-state index < -0.39 is 53.7 Å². The first-order chi connectivity index (χ1) is 12.7. The van der Waals surface area contributed by atoms with Crippen molar-refractivity contribution in [1.29, 1.82) is 0 Å². The average molecular weight is 403 g/mol. The predicted molar refractivity (Wildman–Crippen MR) is 91.8 cm³/mol. The highest BCUT2D eigenvalue weighted by Crippen LogP contribution is 2.39. The Morgan fingerprint density at radius 3 is 2.07 bits per heavy atom. The Balaban J connectivity index is 2.25. The smallest absolute Gasteiger partial charge is 0.303 e. The summed E-state index contributed by atoms with van der Waals surface area (Å²) in [5, 5.41) is 0.479. The van der Waals surface area contributed by atoms with Crippen molar-refractivity contribution in [2.24, 2.45) is 4.99 Å². The van der Waals surface area contributed by atoms with Crippen molar-refractivity contribution in [3.63, 3.8) is 0 Å². The summed E-state index contributed by atoms with van der Waals surface area (Å²) in [6.07, 6.45) is -2.79. The molecule has 0 amide bonds. The van der Waals surface area contributed by atoms with Gasteiger partial charge in [-0.3, -0.25) is 24.2 Å². The zero-order valence-corrected chi connectivity index (χ0v) is 16.1. The second-order valence-corrected chi connectivity index (χ2v) is 7.08. The van der Waals surface area contributed by atoms with Gasteiger partial charge in [-0.2, -0.15) is 0 Å². The molecule has 10 nitrogen and oxygen atoms in total. The molecule has 1 fully saturated rings. The summed E-state index contributed by atoms with van der Waals surface area (Å²) in [5.41, 5.74) is -0.577. The van der Waals surface area contributed by atoms with E-state index in [9.17, 15) is 19.2 Å². The highest BCUT2D eigenvalue weighted by atomic mass is 32.2. The molecular formula is C16H21NO9S. The number of carbonyl (C=O) groups is 4. The SMILES string of the molecule is CC(=O)OCC1=N[C@@H]2[C@@H](OC(C)=O)[C@H](OC(C)=O)[C@@H](COC(C)=O)O[C@@H]2S1. The van der Waals surface area contributed by atoms with Crippen molar-refractivity contribution in [3.8, 4) is 0 Å². The van der Waals surface area contributed by atoms with Crippen LogP contribution in [-0.4, -0.2) is 71.9 Å². The lowest BCUT2D eigenvalue weighted by molar-refractivity contribution is -0.208. The van der Waals surface area contributed by atoms with Crippen molar-refractivity contribution in [2.75, 3.05) is 13.2 Å². The van der Waals surface area contributed by atoms with E-state index in [4.69, 9.17) is 23.7 Å². The Bertz CT molecular complexity index is 650. The number of hydrogen-bond donors (Lipinski definition) is 0. The number of hydrogen-bond acceptors (Lipinski definition) is 11. The highest BCUT2D eigenvalue weighted by molar-refractivity contribution is 8.14. The van der Waals surface area contributed by atoms with Gasteiger partial charge in [0.25, 0.3) is 0 Å². The van der Waals surface area contributed by atoms with Crippen LogP contribution in [0.1, 0.15) is 27.7 Å². The van der Waals surface area contributed by atoms with Gasteiger partial charge in [-0.05, 0) is 0 Å². The summed E-state index contributed by atoms with van der Waals surface area (Å²) < 4.78 is 26.5. The minimum atomic E-state index is -1.01. The van der Waals surface area contributed by atoms with Gasteiger partial charge < -0.3 is 23.7 Å². The van der Waals surface area contributed by atoms with Crippen LogP contribution in [-0.2, 0) is 42.9 Å². The van der Waals surface area contributed by atoms with Gasteiger partial charge >= 0.3 is 23.9 Å². The number of thioether (sulfide) groups is 1. The lowest BCUT2D eigenvalue weighted by atomic mass is 9.98. The fourth-order valence-corrected chi connectivity index (χ4v) is 3.82. The molecule has 0 N–H and O–H groups in total. The number of rotatable bonds is 6. The molecule has 11 heteroatoms. The van der Waals surface area contributed by atoms with Crippen molar-refractivity contribution in [1.82, 2.24) is 0 Å². The van der Waals surface area contributed by atoms with Crippen LogP contribution >= 0.6 is 11.8 Å². The first kappa shape index (κ1) is 21.2. The summed E-state index contributed by atoms with van der Waals surface area (Å²) in [6, 6.07) is -0.664. The average Bonchev–Trinajstić information content (AvgIpc) is 2.95. The molecule has 150 valence electrons. The van der Waals surface area contributed by atoms with Crippen molar-refractivity contribution in [2.45, 2.75) is 57.5 Å². The van der Waals surface area contributed by atoms with Gasteiger partial charge in [0.05, 0.1) is 0 Å². The Morgan fingerprint density at radius 1 is 0.926 bits per heavy atom. The van der Waals surface area contributed by atoms with Gasteiger partial charge in [0, 0.05) is 27.7 Å². The van der Waals surface area contributed by atoms with E-state index >= 15 is 0 Å². The lowest BCUT2D eigenvalue weighted by Gasteiger charge is -2.41. The van der Waals surface area contributed by atoms with Gasteiger partial charge in [0.2, 0.25) is 0 Å². The van der Waals surface area contributed by atoms with Crippen molar-refractivity contribution < 1.29 is 42.9 Å². The van der Waals surface area contributed by atoms with E-state index in [-0.39, 0.29) is 13.2 Å². The van der Waals surface area contributed by atoms with Crippen LogP contribution in [0.3, 0.4) is 0 Å². The molecular weight excluding hydrogens is 382 g/mol. The van der Waals surface area contributed by atoms with Gasteiger partial charge in [0.1, 0.15) is 35.8 Å². The van der Waals surface area contributed by atoms with Crippen LogP contribution in [0, 0.1) is 0 Å². The molecule has 1 saturated heterocycles. The minimum Gasteiger partial charge on any atom is -0.463 e. The van der Waals surface area contributed by atoms with Crippen molar-refractivity contribution >= 4 is 40.7 Å². The van der Waals surface area contributed by atoms with Crippen molar-refractivity contribution in [3.05, 3.63) is 0 Å². The third-order valence-corrected chi connectivity index (χ3v) is 4.73. The van der Waals surface area contributed by atoms with Crippen LogP contribution < -0.4 is 0 Å². The number of nitrogens with zero attached hydrogens (tertiary/aromatic N) is 1. The predicted octanol–water partition coefficient (Wildman–Crippen LogP) is 0.215. The molecule has 2 aliphatic heterocycles. The summed E-state index contributed by atoms with van der Waals surface area (Å²) in [7, 11) is 0. The van der Waals surface area contributed by atoms with E-state index in [1.54, 1.807) is 0 Å². The fraction of sp³-hybridized carbons (Fsp3) is 0.688. The third-order valence-electron chi connectivity index (χ3n) is 3.61. The zero-order chi connectivity index (χ0) is 20.1. The highest BCUT2D eigenvalue weighted by Gasteiger charge is 2.53. The van der Waals surface area contributed by atoms with Crippen LogP contribution in [0.5, 0.6) is 0 Å². The normalized spacial score (nSPS) is 29.2. The molecule has 0 unspecified atom stereocenters. The minimum absolute atomic E-state index is 0.0456. The second kappa shape index (κ2) is 9.18. The molecule has 27 heavy (non-hydrogen) atoms. The molecule has 2 aliphatic rings. The number of carbonyl (C=O) groups excluding carboxylic acids is 4. The summed E-state index contributed by atoms with van der Waals surface area (Å²) in [6.45, 7) is 4.71. The van der Waals surface area contributed by atoms with Gasteiger partial charge in [-0.1, -0.05) is 11.8 Å². The third kappa shape index (κ3) is 5.93. The maximum absolute atomic E-state index is 11.6. The second-order valence-electron chi connectivity index (χ2n) is 5.91. The van der Waals surface area contributed by atoms with Crippen LogP contribution in [0.15, 0.2) is 4.99 Å². The molecule has 0 aromatic rings. The Kier molecular flexibility index (Phi) is 7.19. The molecule has 0 saturated carbocycles. The number of ether oxygens (including phenoxy) is 5. The monoisotopic (exact) mass is 403 g/mol. The van der Waals surface area contributed by atoms with Crippen LogP contribution in [0.4, 0.5) is 0 Å². The summed E-state index contributed by atoms with van der Waals surface area (Å²) in [4.78, 5) is 49.7. The number of esters is 4. The first-order valence-corrected chi connectivity index (χ1v) is 9.05. The number of fused-ring (bicyclic) bond motifs is 1. The summed E-state index contributed by atoms with van der Waals surface area (Å²) in [5.74, 6) is -2.19. The molecule has 0 spiro atoms. The quantitative estimate of drug-likeness (QED) is 0.449. The first-order valence-electron chi connectivity index (χ1n) is 8.17. The van der Waals surface area contributed by atoms with Gasteiger partial charge in [0.15, 0.2) is 12.2 Å². The fourth-order valence-electron chi connectivity index (χ4n) is 2.68. The van der Waals surface area contributed by atoms with E-state index in [1.165, 1.54) is 39.5 Å². The van der Waals surface area contributed by atoms with E-state index in [0.717, 1.165) is 0 Å². The molecule has 0 aliphatic carbocycles. The molecule has 0 aromatic heterocycles. The van der Waals surface area contributed by atoms with Crippen LogP contribution in [0.2, 0.25) is 0 Å². The molecule has 0 radical (unpaired) electrons. The maximum Gasteiger partial charge on any atom is 0.303 e. The summed E-state index contributed by atoms with van der Waals surface area (Å²) >= 11 is 1.20.